The van der Waals surface area contributed by atoms with Gasteiger partial charge in [-0.1, -0.05) is 29.0 Å². The molecular formula is C28H29ClN4O6S. The first kappa shape index (κ1) is 29.0. The molecule has 1 aromatic carbocycles. The number of halogens is 1. The lowest BCUT2D eigenvalue weighted by atomic mass is 10.1. The number of pyridine rings is 1. The second-order valence-corrected chi connectivity index (χ2v) is 11.3. The molecule has 0 unspecified atom stereocenters. The van der Waals surface area contributed by atoms with Crippen LogP contribution in [0.5, 0.6) is 16.7 Å². The summed E-state index contributed by atoms with van der Waals surface area (Å²) in [5, 5.41) is 15.3. The first-order valence-corrected chi connectivity index (χ1v) is 13.8. The maximum Gasteiger partial charge on any atom is 0.328 e. The molecule has 210 valence electrons. The summed E-state index contributed by atoms with van der Waals surface area (Å²) in [4.78, 5) is 45.4. The van der Waals surface area contributed by atoms with E-state index >= 15 is 0 Å². The maximum absolute atomic E-state index is 12.7. The third kappa shape index (κ3) is 8.03. The molecule has 0 bridgehead atoms. The van der Waals surface area contributed by atoms with E-state index in [-0.39, 0.29) is 17.3 Å². The molecule has 3 N–H and O–H groups in total. The Hall–Kier alpha value is -3.96. The van der Waals surface area contributed by atoms with Crippen LogP contribution in [-0.2, 0) is 4.79 Å². The first-order chi connectivity index (χ1) is 19.0. The van der Waals surface area contributed by atoms with E-state index in [9.17, 15) is 19.5 Å². The van der Waals surface area contributed by atoms with Gasteiger partial charge in [-0.25, -0.2) is 9.78 Å². The van der Waals surface area contributed by atoms with Crippen molar-refractivity contribution in [2.45, 2.75) is 45.2 Å². The van der Waals surface area contributed by atoms with Crippen molar-refractivity contribution in [3.05, 3.63) is 70.0 Å². The molecule has 2 aromatic heterocycles. The molecule has 1 saturated carbocycles. The highest BCUT2D eigenvalue weighted by atomic mass is 35.5. The molecular weight excluding hydrogens is 556 g/mol. The predicted molar refractivity (Wildman–Crippen MR) is 151 cm³/mol. The third-order valence-electron chi connectivity index (χ3n) is 5.91. The lowest BCUT2D eigenvalue weighted by Gasteiger charge is -2.20. The summed E-state index contributed by atoms with van der Waals surface area (Å²) >= 11 is 7.67. The molecule has 1 aliphatic carbocycles. The molecule has 3 aromatic rings. The number of rotatable bonds is 12. The number of amides is 2. The zero-order valence-corrected chi connectivity index (χ0v) is 23.7. The number of aliphatic carboxylic acids is 1. The number of ether oxygens (including phenoxy) is 2. The van der Waals surface area contributed by atoms with Gasteiger partial charge >= 0.3 is 5.97 Å². The normalized spacial score (nSPS) is 14.0. The summed E-state index contributed by atoms with van der Waals surface area (Å²) in [6, 6.07) is 7.72. The second kappa shape index (κ2) is 12.5. The standard InChI is InChI=1S/C28H29ClN4O6S/c1-16(32-24(34)18-10-11-30-22(12-18)25(35)33-28(2,3)26(36)37)4-8-20-14-31-27(40-20)39-23-9-7-19(13-21(23)29)38-15-17-5-6-17/h4,7-14,16-17H,5-6,15H2,1-3H3,(H,32,34)(H,33,35)(H,36,37)/b8-4+/t16-/m0/s1. The second-order valence-electron chi connectivity index (χ2n) is 9.91. The van der Waals surface area contributed by atoms with Crippen molar-refractivity contribution < 1.29 is 29.0 Å². The Bertz CT molecular complexity index is 1440. The fraction of sp³-hybridized carbons (Fsp3) is 0.321. The maximum atomic E-state index is 12.7. The van der Waals surface area contributed by atoms with Crippen LogP contribution in [-0.4, -0.2) is 51.0 Å². The molecule has 1 fully saturated rings. The lowest BCUT2D eigenvalue weighted by molar-refractivity contribution is -0.143. The Morgan fingerprint density at radius 1 is 1.20 bits per heavy atom. The van der Waals surface area contributed by atoms with Crippen molar-refractivity contribution in [1.82, 2.24) is 20.6 Å². The van der Waals surface area contributed by atoms with Crippen LogP contribution in [0.3, 0.4) is 0 Å². The zero-order chi connectivity index (χ0) is 28.9. The van der Waals surface area contributed by atoms with Gasteiger partial charge in [0, 0.05) is 30.1 Å². The van der Waals surface area contributed by atoms with E-state index in [4.69, 9.17) is 21.1 Å². The molecule has 12 heteroatoms. The monoisotopic (exact) mass is 584 g/mol. The van der Waals surface area contributed by atoms with Crippen LogP contribution in [0, 0.1) is 5.92 Å². The van der Waals surface area contributed by atoms with Gasteiger partial charge in [-0.3, -0.25) is 14.6 Å². The van der Waals surface area contributed by atoms with Crippen molar-refractivity contribution in [2.24, 2.45) is 5.92 Å². The van der Waals surface area contributed by atoms with E-state index in [0.717, 1.165) is 4.88 Å². The molecule has 10 nitrogen and oxygen atoms in total. The predicted octanol–water partition coefficient (Wildman–Crippen LogP) is 5.20. The van der Waals surface area contributed by atoms with Gasteiger partial charge in [-0.05, 0) is 69.9 Å². The van der Waals surface area contributed by atoms with Crippen molar-refractivity contribution in [3.63, 3.8) is 0 Å². The molecule has 0 saturated heterocycles. The number of hydrogen-bond donors (Lipinski definition) is 3. The Kier molecular flexibility index (Phi) is 9.06. The summed E-state index contributed by atoms with van der Waals surface area (Å²) in [5.74, 6) is -0.480. The number of carbonyl (C=O) groups is 3. The molecule has 1 aliphatic rings. The quantitative estimate of drug-likeness (QED) is 0.264. The van der Waals surface area contributed by atoms with Gasteiger partial charge < -0.3 is 25.2 Å². The molecule has 2 heterocycles. The molecule has 2 amide bonds. The molecule has 0 spiro atoms. The Morgan fingerprint density at radius 2 is 1.98 bits per heavy atom. The molecule has 0 radical (unpaired) electrons. The van der Waals surface area contributed by atoms with Gasteiger partial charge in [0.25, 0.3) is 17.0 Å². The number of nitrogens with one attached hydrogen (secondary N) is 2. The van der Waals surface area contributed by atoms with Gasteiger partial charge in [0.2, 0.25) is 0 Å². The van der Waals surface area contributed by atoms with Gasteiger partial charge in [-0.2, -0.15) is 0 Å². The van der Waals surface area contributed by atoms with Crippen molar-refractivity contribution in [1.29, 1.82) is 0 Å². The molecule has 0 aliphatic heterocycles. The zero-order valence-electron chi connectivity index (χ0n) is 22.1. The van der Waals surface area contributed by atoms with Crippen molar-refractivity contribution in [3.8, 4) is 16.7 Å². The van der Waals surface area contributed by atoms with Crippen molar-refractivity contribution in [2.75, 3.05) is 6.61 Å². The van der Waals surface area contributed by atoms with Gasteiger partial charge in [0.05, 0.1) is 16.5 Å². The van der Waals surface area contributed by atoms with E-state index in [1.165, 1.54) is 56.4 Å². The van der Waals surface area contributed by atoms with Crippen molar-refractivity contribution >= 4 is 46.8 Å². The van der Waals surface area contributed by atoms with E-state index in [2.05, 4.69) is 20.6 Å². The van der Waals surface area contributed by atoms with Crippen LogP contribution in [0.25, 0.3) is 6.08 Å². The summed E-state index contributed by atoms with van der Waals surface area (Å²) in [6.45, 7) is 5.21. The fourth-order valence-electron chi connectivity index (χ4n) is 3.32. The van der Waals surface area contributed by atoms with Gasteiger partial charge in [0.1, 0.15) is 22.7 Å². The fourth-order valence-corrected chi connectivity index (χ4v) is 4.22. The number of carboxylic acid groups (broad SMARTS) is 1. The Balaban J connectivity index is 1.30. The number of carboxylic acids is 1. The van der Waals surface area contributed by atoms with Gasteiger partial charge in [-0.15, -0.1) is 0 Å². The summed E-state index contributed by atoms with van der Waals surface area (Å²) in [7, 11) is 0. The van der Waals surface area contributed by atoms with E-state index < -0.39 is 23.3 Å². The van der Waals surface area contributed by atoms with E-state index in [1.54, 1.807) is 31.3 Å². The minimum Gasteiger partial charge on any atom is -0.493 e. The topological polar surface area (TPSA) is 140 Å². The highest BCUT2D eigenvalue weighted by Gasteiger charge is 2.30. The van der Waals surface area contributed by atoms with Crippen LogP contribution in [0.1, 0.15) is 59.3 Å². The number of thiazole rings is 1. The number of carbonyl (C=O) groups excluding carboxylic acids is 2. The Morgan fingerprint density at radius 3 is 2.67 bits per heavy atom. The van der Waals surface area contributed by atoms with E-state index in [0.29, 0.717) is 34.2 Å². The van der Waals surface area contributed by atoms with Crippen LogP contribution in [0.4, 0.5) is 0 Å². The smallest absolute Gasteiger partial charge is 0.328 e. The molecule has 40 heavy (non-hydrogen) atoms. The average Bonchev–Trinajstić information content (AvgIpc) is 3.64. The van der Waals surface area contributed by atoms with Crippen LogP contribution >= 0.6 is 22.9 Å². The summed E-state index contributed by atoms with van der Waals surface area (Å²) in [6.07, 6.45) is 8.99. The number of nitrogens with zero attached hydrogens (tertiary/aromatic N) is 2. The first-order valence-electron chi connectivity index (χ1n) is 12.6. The minimum absolute atomic E-state index is 0.0668. The SMILES string of the molecule is C[C@@H](/C=C/c1cnc(Oc2ccc(OCC3CC3)cc2Cl)s1)NC(=O)c1ccnc(C(=O)NC(C)(C)C(=O)O)c1. The largest absolute Gasteiger partial charge is 0.493 e. The summed E-state index contributed by atoms with van der Waals surface area (Å²) < 4.78 is 11.6. The molecule has 1 atom stereocenters. The van der Waals surface area contributed by atoms with Crippen LogP contribution < -0.4 is 20.1 Å². The van der Waals surface area contributed by atoms with Crippen LogP contribution in [0.15, 0.2) is 48.8 Å². The van der Waals surface area contributed by atoms with Gasteiger partial charge in [0.15, 0.2) is 0 Å². The minimum atomic E-state index is -1.49. The highest BCUT2D eigenvalue weighted by Crippen LogP contribution is 2.35. The highest BCUT2D eigenvalue weighted by molar-refractivity contribution is 7.14. The molecule has 4 rings (SSSR count). The van der Waals surface area contributed by atoms with E-state index in [1.807, 2.05) is 12.1 Å². The number of aromatic nitrogens is 2. The van der Waals surface area contributed by atoms with Crippen LogP contribution in [0.2, 0.25) is 5.02 Å². The third-order valence-corrected chi connectivity index (χ3v) is 7.04. The summed E-state index contributed by atoms with van der Waals surface area (Å²) in [5.41, 5.74) is -1.34. The lowest BCUT2D eigenvalue weighted by Crippen LogP contribution is -2.49. The average molecular weight is 585 g/mol. The number of hydrogen-bond acceptors (Lipinski definition) is 8. The number of benzene rings is 1. The Labute approximate surface area is 240 Å².